The lowest BCUT2D eigenvalue weighted by Gasteiger charge is -2.35. The number of fused-ring (bicyclic) bond motifs is 2. The first kappa shape index (κ1) is 19.3. The average molecular weight is 415 g/mol. The Bertz CT molecular complexity index is 980. The fourth-order valence-corrected chi connectivity index (χ4v) is 4.17. The van der Waals surface area contributed by atoms with Crippen LogP contribution >= 0.6 is 11.6 Å². The lowest BCUT2D eigenvalue weighted by molar-refractivity contribution is -0.151. The van der Waals surface area contributed by atoms with E-state index < -0.39 is 29.5 Å². The molecule has 2 N–H and O–H groups in total. The molecule has 1 fully saturated rings. The van der Waals surface area contributed by atoms with Crippen LogP contribution in [0, 0.1) is 5.92 Å². The fourth-order valence-electron chi connectivity index (χ4n) is 3.99. The van der Waals surface area contributed by atoms with Crippen molar-refractivity contribution in [3.05, 3.63) is 64.7 Å². The van der Waals surface area contributed by atoms with Crippen LogP contribution in [0.25, 0.3) is 0 Å². The Labute approximate surface area is 172 Å². The van der Waals surface area contributed by atoms with Gasteiger partial charge in [-0.15, -0.1) is 0 Å². The maximum absolute atomic E-state index is 13.0. The third-order valence-electron chi connectivity index (χ3n) is 5.42. The van der Waals surface area contributed by atoms with Gasteiger partial charge in [0.1, 0.15) is 5.92 Å². The third kappa shape index (κ3) is 3.65. The maximum atomic E-state index is 13.0. The molecule has 2 aliphatic rings. The molecule has 2 heterocycles. The Morgan fingerprint density at radius 1 is 1.24 bits per heavy atom. The van der Waals surface area contributed by atoms with E-state index in [2.05, 4.69) is 5.32 Å². The zero-order valence-electron chi connectivity index (χ0n) is 15.4. The molecular formula is C21H19ClN2O5. The van der Waals surface area contributed by atoms with Crippen molar-refractivity contribution in [2.75, 3.05) is 18.4 Å². The molecule has 1 spiro atoms. The SMILES string of the molecule is O=C1Nc2ccc(Cl)cc2C2(CCN(C(=O)C(Cc3ccccc3)C(=O)O)C2)O1. The van der Waals surface area contributed by atoms with E-state index in [9.17, 15) is 19.5 Å². The number of halogens is 1. The number of carboxylic acid groups (broad SMARTS) is 1. The normalized spacial score (nSPS) is 21.3. The molecule has 2 aromatic carbocycles. The van der Waals surface area contributed by atoms with Crippen molar-refractivity contribution >= 4 is 35.3 Å². The van der Waals surface area contributed by atoms with Crippen molar-refractivity contribution in [3.63, 3.8) is 0 Å². The molecule has 0 radical (unpaired) electrons. The van der Waals surface area contributed by atoms with Crippen LogP contribution in [0.1, 0.15) is 17.5 Å². The van der Waals surface area contributed by atoms with Gasteiger partial charge < -0.3 is 14.7 Å². The van der Waals surface area contributed by atoms with Gasteiger partial charge in [-0.2, -0.15) is 0 Å². The van der Waals surface area contributed by atoms with Crippen molar-refractivity contribution in [3.8, 4) is 0 Å². The maximum Gasteiger partial charge on any atom is 0.412 e. The van der Waals surface area contributed by atoms with Crippen molar-refractivity contribution in [1.29, 1.82) is 0 Å². The van der Waals surface area contributed by atoms with Crippen molar-refractivity contribution in [1.82, 2.24) is 4.90 Å². The highest BCUT2D eigenvalue weighted by Crippen LogP contribution is 2.44. The summed E-state index contributed by atoms with van der Waals surface area (Å²) in [5.41, 5.74) is 1.01. The van der Waals surface area contributed by atoms with Crippen LogP contribution in [0.2, 0.25) is 5.02 Å². The zero-order valence-corrected chi connectivity index (χ0v) is 16.2. The molecule has 8 heteroatoms. The number of benzene rings is 2. The number of amides is 2. The van der Waals surface area contributed by atoms with Gasteiger partial charge in [-0.05, 0) is 30.2 Å². The molecule has 1 saturated heterocycles. The van der Waals surface area contributed by atoms with Gasteiger partial charge in [-0.25, -0.2) is 4.79 Å². The smallest absolute Gasteiger partial charge is 0.412 e. The molecule has 4 rings (SSSR count). The molecule has 0 saturated carbocycles. The largest absolute Gasteiger partial charge is 0.481 e. The van der Waals surface area contributed by atoms with Crippen LogP contribution in [-0.4, -0.2) is 41.1 Å². The lowest BCUT2D eigenvalue weighted by Crippen LogP contribution is -2.45. The summed E-state index contributed by atoms with van der Waals surface area (Å²) >= 11 is 6.13. The summed E-state index contributed by atoms with van der Waals surface area (Å²) in [6.07, 6.45) is -0.132. The predicted molar refractivity (Wildman–Crippen MR) is 106 cm³/mol. The molecule has 2 atom stereocenters. The standard InChI is InChI=1S/C21H19ClN2O5/c22-14-6-7-17-16(11-14)21(29-20(28)23-17)8-9-24(12-21)18(25)15(19(26)27)10-13-4-2-1-3-5-13/h1-7,11,15H,8-10,12H2,(H,23,28)(H,26,27). The minimum Gasteiger partial charge on any atom is -0.481 e. The number of hydrogen-bond donors (Lipinski definition) is 2. The van der Waals surface area contributed by atoms with Crippen LogP contribution in [0.3, 0.4) is 0 Å². The summed E-state index contributed by atoms with van der Waals surface area (Å²) in [6.45, 7) is 0.377. The van der Waals surface area contributed by atoms with Gasteiger partial charge in [0, 0.05) is 23.6 Å². The number of nitrogens with one attached hydrogen (secondary N) is 1. The summed E-state index contributed by atoms with van der Waals surface area (Å²) in [5.74, 6) is -2.87. The van der Waals surface area contributed by atoms with Crippen molar-refractivity contribution in [2.45, 2.75) is 18.4 Å². The Hall–Kier alpha value is -3.06. The average Bonchev–Trinajstić information content (AvgIpc) is 3.11. The van der Waals surface area contributed by atoms with Gasteiger partial charge in [0.05, 0.1) is 12.2 Å². The van der Waals surface area contributed by atoms with Crippen LogP contribution in [0.5, 0.6) is 0 Å². The van der Waals surface area contributed by atoms with Gasteiger partial charge in [0.15, 0.2) is 5.60 Å². The number of ether oxygens (including phenoxy) is 1. The molecule has 2 aromatic rings. The molecular weight excluding hydrogens is 396 g/mol. The van der Waals surface area contributed by atoms with Crippen molar-refractivity contribution < 1.29 is 24.2 Å². The van der Waals surface area contributed by atoms with Gasteiger partial charge in [0.2, 0.25) is 5.91 Å². The second kappa shape index (κ2) is 7.40. The first-order valence-corrected chi connectivity index (χ1v) is 9.61. The molecule has 2 unspecified atom stereocenters. The van der Waals surface area contributed by atoms with Crippen LogP contribution in [0.4, 0.5) is 10.5 Å². The molecule has 29 heavy (non-hydrogen) atoms. The summed E-state index contributed by atoms with van der Waals surface area (Å²) in [4.78, 5) is 38.4. The highest BCUT2D eigenvalue weighted by atomic mass is 35.5. The first-order chi connectivity index (χ1) is 13.9. The van der Waals surface area contributed by atoms with E-state index in [1.165, 1.54) is 4.90 Å². The molecule has 0 aromatic heterocycles. The van der Waals surface area contributed by atoms with Gasteiger partial charge in [-0.1, -0.05) is 41.9 Å². The number of anilines is 1. The van der Waals surface area contributed by atoms with E-state index in [4.69, 9.17) is 16.3 Å². The van der Waals surface area contributed by atoms with E-state index >= 15 is 0 Å². The molecule has 0 bridgehead atoms. The molecule has 2 amide bonds. The second-order valence-electron chi connectivity index (χ2n) is 7.29. The number of hydrogen-bond acceptors (Lipinski definition) is 4. The predicted octanol–water partition coefficient (Wildman–Crippen LogP) is 3.27. The Morgan fingerprint density at radius 2 is 2.00 bits per heavy atom. The molecule has 2 aliphatic heterocycles. The monoisotopic (exact) mass is 414 g/mol. The second-order valence-corrected chi connectivity index (χ2v) is 7.73. The minimum absolute atomic E-state index is 0.0885. The number of carbonyl (C=O) groups excluding carboxylic acids is 2. The highest BCUT2D eigenvalue weighted by molar-refractivity contribution is 6.30. The Morgan fingerprint density at radius 3 is 2.72 bits per heavy atom. The lowest BCUT2D eigenvalue weighted by atomic mass is 9.90. The Kier molecular flexibility index (Phi) is 4.92. The summed E-state index contributed by atoms with van der Waals surface area (Å²) in [7, 11) is 0. The van der Waals surface area contributed by atoms with E-state index in [1.54, 1.807) is 42.5 Å². The van der Waals surface area contributed by atoms with Gasteiger partial charge in [-0.3, -0.25) is 14.9 Å². The minimum atomic E-state index is -1.20. The topological polar surface area (TPSA) is 95.9 Å². The first-order valence-electron chi connectivity index (χ1n) is 9.23. The van der Waals surface area contributed by atoms with E-state index in [1.807, 2.05) is 6.07 Å². The van der Waals surface area contributed by atoms with Gasteiger partial charge in [0.25, 0.3) is 0 Å². The van der Waals surface area contributed by atoms with E-state index in [-0.39, 0.29) is 19.5 Å². The zero-order chi connectivity index (χ0) is 20.6. The van der Waals surface area contributed by atoms with E-state index in [0.29, 0.717) is 22.7 Å². The number of carbonyl (C=O) groups is 3. The summed E-state index contributed by atoms with van der Waals surface area (Å²) in [5, 5.41) is 12.8. The van der Waals surface area contributed by atoms with Gasteiger partial charge >= 0.3 is 12.1 Å². The van der Waals surface area contributed by atoms with Crippen LogP contribution in [0.15, 0.2) is 48.5 Å². The van der Waals surface area contributed by atoms with E-state index in [0.717, 1.165) is 5.56 Å². The molecule has 150 valence electrons. The number of aliphatic carboxylic acids is 1. The van der Waals surface area contributed by atoms with Crippen molar-refractivity contribution in [2.24, 2.45) is 5.92 Å². The summed E-state index contributed by atoms with van der Waals surface area (Å²) in [6, 6.07) is 14.1. The number of likely N-dealkylation sites (tertiary alicyclic amines) is 1. The summed E-state index contributed by atoms with van der Waals surface area (Å²) < 4.78 is 5.61. The molecule has 0 aliphatic carbocycles. The van der Waals surface area contributed by atoms with Crippen LogP contribution in [-0.2, 0) is 26.3 Å². The highest BCUT2D eigenvalue weighted by Gasteiger charge is 2.49. The number of carboxylic acids is 1. The quantitative estimate of drug-likeness (QED) is 0.748. The van der Waals surface area contributed by atoms with Crippen LogP contribution < -0.4 is 5.32 Å². The third-order valence-corrected chi connectivity index (χ3v) is 5.65. The number of nitrogens with zero attached hydrogens (tertiary/aromatic N) is 1. The fraction of sp³-hybridized carbons (Fsp3) is 0.286. The molecule has 7 nitrogen and oxygen atoms in total. The Balaban J connectivity index is 1.59. The number of rotatable bonds is 4.